The third kappa shape index (κ3) is 2.98. The molecule has 1 saturated carbocycles. The number of nitrogens with zero attached hydrogens (tertiary/aromatic N) is 1. The van der Waals surface area contributed by atoms with Crippen molar-refractivity contribution in [3.05, 3.63) is 24.0 Å². The summed E-state index contributed by atoms with van der Waals surface area (Å²) < 4.78 is 10.7. The summed E-state index contributed by atoms with van der Waals surface area (Å²) in [4.78, 5) is 15.9. The second-order valence-corrected chi connectivity index (χ2v) is 4.49. The Hall–Kier alpha value is -1.62. The number of carbonyl (C=O) groups is 1. The van der Waals surface area contributed by atoms with Crippen LogP contribution in [-0.2, 0) is 9.47 Å². The van der Waals surface area contributed by atoms with Gasteiger partial charge in [-0.15, -0.1) is 0 Å². The lowest BCUT2D eigenvalue weighted by Crippen LogP contribution is -2.29. The van der Waals surface area contributed by atoms with Crippen LogP contribution in [0, 0.1) is 0 Å². The van der Waals surface area contributed by atoms with Gasteiger partial charge in [0, 0.05) is 19.7 Å². The van der Waals surface area contributed by atoms with Crippen molar-refractivity contribution < 1.29 is 14.3 Å². The first kappa shape index (κ1) is 12.8. The molecule has 98 valence electrons. The Balaban J connectivity index is 1.97. The number of pyridine rings is 1. The van der Waals surface area contributed by atoms with Crippen LogP contribution in [0.25, 0.3) is 0 Å². The largest absolute Gasteiger partial charge is 0.457 e. The van der Waals surface area contributed by atoms with Gasteiger partial charge in [-0.1, -0.05) is 0 Å². The van der Waals surface area contributed by atoms with E-state index in [0.29, 0.717) is 5.69 Å². The number of esters is 1. The molecule has 0 spiro atoms. The molecule has 1 aliphatic carbocycles. The second kappa shape index (κ2) is 5.82. The first-order chi connectivity index (χ1) is 8.70. The molecule has 0 amide bonds. The molecule has 2 atom stereocenters. The second-order valence-electron chi connectivity index (χ2n) is 4.49. The van der Waals surface area contributed by atoms with Crippen molar-refractivity contribution in [2.24, 2.45) is 0 Å². The highest BCUT2D eigenvalue weighted by Crippen LogP contribution is 2.24. The molecule has 2 unspecified atom stereocenters. The first-order valence-electron chi connectivity index (χ1n) is 6.15. The zero-order valence-corrected chi connectivity index (χ0v) is 10.5. The molecule has 5 nitrogen and oxygen atoms in total. The third-order valence-corrected chi connectivity index (χ3v) is 3.22. The summed E-state index contributed by atoms with van der Waals surface area (Å²) in [5.74, 6) is -0.449. The van der Waals surface area contributed by atoms with Crippen LogP contribution in [0.1, 0.15) is 36.2 Å². The fraction of sp³-hybridized carbons (Fsp3) is 0.538. The number of hydrogen-bond donors (Lipinski definition) is 1. The molecule has 1 aromatic rings. The fourth-order valence-electron chi connectivity index (χ4n) is 2.22. The van der Waals surface area contributed by atoms with E-state index in [1.807, 2.05) is 0 Å². The van der Waals surface area contributed by atoms with Gasteiger partial charge in [0.15, 0.2) is 5.69 Å². The molecular weight excluding hydrogens is 232 g/mol. The Morgan fingerprint density at radius 1 is 1.44 bits per heavy atom. The normalized spacial score (nSPS) is 23.6. The molecule has 0 saturated heterocycles. The molecule has 1 aliphatic rings. The smallest absolute Gasteiger partial charge is 0.359 e. The number of nitrogens with two attached hydrogens (primary N) is 1. The zero-order valence-electron chi connectivity index (χ0n) is 10.5. The molecule has 2 rings (SSSR count). The lowest BCUT2D eigenvalue weighted by molar-refractivity contribution is -0.0152. The molecule has 1 fully saturated rings. The van der Waals surface area contributed by atoms with Crippen LogP contribution in [0.3, 0.4) is 0 Å². The first-order valence-corrected chi connectivity index (χ1v) is 6.15. The average Bonchev–Trinajstić information content (AvgIpc) is 2.39. The maximum atomic E-state index is 11.9. The number of methoxy groups -OCH3 is 1. The van der Waals surface area contributed by atoms with Crippen molar-refractivity contribution in [3.63, 3.8) is 0 Å². The number of ether oxygens (including phenoxy) is 2. The van der Waals surface area contributed by atoms with Gasteiger partial charge >= 0.3 is 5.97 Å². The summed E-state index contributed by atoms with van der Waals surface area (Å²) >= 11 is 0. The number of aromatic nitrogens is 1. The van der Waals surface area contributed by atoms with E-state index in [9.17, 15) is 4.79 Å². The van der Waals surface area contributed by atoms with Crippen molar-refractivity contribution in [1.82, 2.24) is 4.98 Å². The molecular formula is C13H18N2O3. The number of anilines is 1. The van der Waals surface area contributed by atoms with E-state index in [2.05, 4.69) is 4.98 Å². The summed E-state index contributed by atoms with van der Waals surface area (Å²) in [5.41, 5.74) is 6.23. The summed E-state index contributed by atoms with van der Waals surface area (Å²) in [5, 5.41) is 0. The number of hydrogen-bond acceptors (Lipinski definition) is 5. The number of nitrogen functional groups attached to an aromatic ring is 1. The highest BCUT2D eigenvalue weighted by atomic mass is 16.5. The summed E-state index contributed by atoms with van der Waals surface area (Å²) in [6.07, 6.45) is 5.26. The van der Waals surface area contributed by atoms with Crippen LogP contribution in [0.4, 0.5) is 5.69 Å². The molecule has 0 aromatic carbocycles. The standard InChI is InChI=1S/C13H18N2O3/c1-17-9-4-2-5-10(8-9)18-13(16)12-11(14)6-3-7-15-12/h3,6-7,9-10H,2,4-5,8,14H2,1H3. The summed E-state index contributed by atoms with van der Waals surface area (Å²) in [6.45, 7) is 0. The lowest BCUT2D eigenvalue weighted by atomic mass is 9.95. The molecule has 1 heterocycles. The van der Waals surface area contributed by atoms with Gasteiger partial charge in [-0.25, -0.2) is 9.78 Å². The SMILES string of the molecule is COC1CCCC(OC(=O)c2ncccc2N)C1. The molecule has 1 aromatic heterocycles. The Morgan fingerprint density at radius 2 is 2.22 bits per heavy atom. The van der Waals surface area contributed by atoms with Crippen LogP contribution in [0.15, 0.2) is 18.3 Å². The van der Waals surface area contributed by atoms with Gasteiger partial charge < -0.3 is 15.2 Å². The van der Waals surface area contributed by atoms with Crippen molar-refractivity contribution in [1.29, 1.82) is 0 Å². The van der Waals surface area contributed by atoms with Crippen molar-refractivity contribution in [2.75, 3.05) is 12.8 Å². The Bertz CT molecular complexity index is 422. The van der Waals surface area contributed by atoms with Gasteiger partial charge in [-0.05, 0) is 31.4 Å². The van der Waals surface area contributed by atoms with Gasteiger partial charge in [0.05, 0.1) is 11.8 Å². The lowest BCUT2D eigenvalue weighted by Gasteiger charge is -2.27. The van der Waals surface area contributed by atoms with E-state index in [1.54, 1.807) is 19.2 Å². The predicted octanol–water partition coefficient (Wildman–Crippen LogP) is 1.78. The van der Waals surface area contributed by atoms with E-state index >= 15 is 0 Å². The molecule has 0 aliphatic heterocycles. The highest BCUT2D eigenvalue weighted by Gasteiger charge is 2.26. The summed E-state index contributed by atoms with van der Waals surface area (Å²) in [6, 6.07) is 3.33. The zero-order chi connectivity index (χ0) is 13.0. The van der Waals surface area contributed by atoms with Crippen molar-refractivity contribution >= 4 is 11.7 Å². The minimum Gasteiger partial charge on any atom is -0.457 e. The Labute approximate surface area is 106 Å². The summed E-state index contributed by atoms with van der Waals surface area (Å²) in [7, 11) is 1.69. The maximum absolute atomic E-state index is 11.9. The number of carbonyl (C=O) groups excluding carboxylic acids is 1. The predicted molar refractivity (Wildman–Crippen MR) is 67.1 cm³/mol. The van der Waals surface area contributed by atoms with E-state index in [4.69, 9.17) is 15.2 Å². The molecule has 5 heteroatoms. The van der Waals surface area contributed by atoms with E-state index in [-0.39, 0.29) is 17.9 Å². The van der Waals surface area contributed by atoms with Gasteiger partial charge in [0.25, 0.3) is 0 Å². The van der Waals surface area contributed by atoms with Gasteiger partial charge in [-0.3, -0.25) is 0 Å². The quantitative estimate of drug-likeness (QED) is 0.828. The van der Waals surface area contributed by atoms with E-state index in [0.717, 1.165) is 25.7 Å². The topological polar surface area (TPSA) is 74.4 Å². The minimum absolute atomic E-state index is 0.0994. The van der Waals surface area contributed by atoms with Gasteiger partial charge in [0.1, 0.15) is 6.10 Å². The van der Waals surface area contributed by atoms with E-state index in [1.165, 1.54) is 6.20 Å². The van der Waals surface area contributed by atoms with Crippen LogP contribution in [0.5, 0.6) is 0 Å². The average molecular weight is 250 g/mol. The molecule has 0 radical (unpaired) electrons. The molecule has 18 heavy (non-hydrogen) atoms. The van der Waals surface area contributed by atoms with Crippen LogP contribution in [-0.4, -0.2) is 30.3 Å². The van der Waals surface area contributed by atoms with E-state index < -0.39 is 5.97 Å². The highest BCUT2D eigenvalue weighted by molar-refractivity contribution is 5.92. The molecule has 2 N–H and O–H groups in total. The van der Waals surface area contributed by atoms with Gasteiger partial charge in [0.2, 0.25) is 0 Å². The third-order valence-electron chi connectivity index (χ3n) is 3.22. The van der Waals surface area contributed by atoms with Gasteiger partial charge in [-0.2, -0.15) is 0 Å². The monoisotopic (exact) mass is 250 g/mol. The van der Waals surface area contributed by atoms with Crippen LogP contribution < -0.4 is 5.73 Å². The van der Waals surface area contributed by atoms with Crippen molar-refractivity contribution in [3.8, 4) is 0 Å². The maximum Gasteiger partial charge on any atom is 0.359 e. The Morgan fingerprint density at radius 3 is 2.94 bits per heavy atom. The number of rotatable bonds is 3. The van der Waals surface area contributed by atoms with Crippen molar-refractivity contribution in [2.45, 2.75) is 37.9 Å². The minimum atomic E-state index is -0.449. The molecule has 0 bridgehead atoms. The fourth-order valence-corrected chi connectivity index (χ4v) is 2.22. The van der Waals surface area contributed by atoms with Crippen LogP contribution in [0.2, 0.25) is 0 Å². The Kier molecular flexibility index (Phi) is 4.15. The van der Waals surface area contributed by atoms with Crippen LogP contribution >= 0.6 is 0 Å².